The summed E-state index contributed by atoms with van der Waals surface area (Å²) in [5.41, 5.74) is 2.08. The van der Waals surface area contributed by atoms with E-state index in [0.717, 1.165) is 5.56 Å². The molecule has 0 aliphatic rings. The molecular weight excluding hydrogens is 300 g/mol. The Labute approximate surface area is 131 Å². The quantitative estimate of drug-likeness (QED) is 0.760. The summed E-state index contributed by atoms with van der Waals surface area (Å²) in [6.45, 7) is 0.419. The van der Waals surface area contributed by atoms with E-state index >= 15 is 0 Å². The van der Waals surface area contributed by atoms with Gasteiger partial charge in [0.15, 0.2) is 0 Å². The highest BCUT2D eigenvalue weighted by atomic mass is 19.1. The minimum Gasteiger partial charge on any atom is -0.355 e. The van der Waals surface area contributed by atoms with Crippen LogP contribution in [-0.4, -0.2) is 22.4 Å². The molecule has 0 atom stereocenters. The van der Waals surface area contributed by atoms with E-state index in [1.165, 1.54) is 24.3 Å². The van der Waals surface area contributed by atoms with Crippen LogP contribution in [-0.2, 0) is 17.6 Å². The Morgan fingerprint density at radius 2 is 1.83 bits per heavy atom. The second-order valence-electron chi connectivity index (χ2n) is 5.25. The van der Waals surface area contributed by atoms with Gasteiger partial charge in [-0.1, -0.05) is 12.1 Å². The molecule has 118 valence electrons. The molecule has 4 nitrogen and oxygen atoms in total. The fraction of sp³-hybridized carbons (Fsp3) is 0.176. The van der Waals surface area contributed by atoms with Crippen LogP contribution in [0.2, 0.25) is 0 Å². The Morgan fingerprint density at radius 1 is 1.09 bits per heavy atom. The number of halogens is 2. The molecule has 0 fully saturated rings. The van der Waals surface area contributed by atoms with Gasteiger partial charge in [-0.3, -0.25) is 4.79 Å². The van der Waals surface area contributed by atoms with Gasteiger partial charge in [-0.2, -0.15) is 0 Å². The molecule has 23 heavy (non-hydrogen) atoms. The van der Waals surface area contributed by atoms with E-state index in [4.69, 9.17) is 0 Å². The highest BCUT2D eigenvalue weighted by Gasteiger charge is 2.06. The number of H-pyrrole nitrogens is 1. The molecule has 1 heterocycles. The summed E-state index contributed by atoms with van der Waals surface area (Å²) >= 11 is 0. The third-order valence-electron chi connectivity index (χ3n) is 3.45. The molecule has 3 aromatic rings. The molecule has 6 heteroatoms. The average Bonchev–Trinajstić information content (AvgIpc) is 2.91. The summed E-state index contributed by atoms with van der Waals surface area (Å²) in [5, 5.41) is 2.78. The van der Waals surface area contributed by atoms with Crippen molar-refractivity contribution in [3.05, 3.63) is 65.5 Å². The number of fused-ring (bicyclic) bond motifs is 1. The summed E-state index contributed by atoms with van der Waals surface area (Å²) in [7, 11) is 0. The van der Waals surface area contributed by atoms with Gasteiger partial charge in [0.2, 0.25) is 5.91 Å². The van der Waals surface area contributed by atoms with Crippen LogP contribution in [0.25, 0.3) is 11.0 Å². The number of hydrogen-bond acceptors (Lipinski definition) is 2. The lowest BCUT2D eigenvalue weighted by Crippen LogP contribution is -2.27. The number of hydrogen-bond donors (Lipinski definition) is 2. The van der Waals surface area contributed by atoms with Crippen LogP contribution in [0.3, 0.4) is 0 Å². The van der Waals surface area contributed by atoms with Crippen LogP contribution in [0, 0.1) is 11.6 Å². The number of benzene rings is 2. The molecule has 1 aromatic heterocycles. The zero-order valence-electron chi connectivity index (χ0n) is 12.3. The fourth-order valence-corrected chi connectivity index (χ4v) is 2.32. The Hall–Kier alpha value is -2.76. The molecule has 2 aromatic carbocycles. The molecule has 0 unspecified atom stereocenters. The van der Waals surface area contributed by atoms with Gasteiger partial charge >= 0.3 is 0 Å². The molecule has 0 spiro atoms. The topological polar surface area (TPSA) is 57.8 Å². The lowest BCUT2D eigenvalue weighted by Gasteiger charge is -2.04. The zero-order valence-corrected chi connectivity index (χ0v) is 12.3. The second kappa shape index (κ2) is 6.56. The molecule has 3 rings (SSSR count). The predicted octanol–water partition coefficient (Wildman–Crippen LogP) is 2.74. The Morgan fingerprint density at radius 3 is 2.61 bits per heavy atom. The highest BCUT2D eigenvalue weighted by molar-refractivity contribution is 5.78. The van der Waals surface area contributed by atoms with E-state index in [-0.39, 0.29) is 24.0 Å². The summed E-state index contributed by atoms with van der Waals surface area (Å²) in [6, 6.07) is 10.2. The van der Waals surface area contributed by atoms with E-state index in [2.05, 4.69) is 15.3 Å². The summed E-state index contributed by atoms with van der Waals surface area (Å²) in [4.78, 5) is 19.2. The van der Waals surface area contributed by atoms with Crippen LogP contribution in [0.15, 0.2) is 42.5 Å². The molecule has 0 bridgehead atoms. The van der Waals surface area contributed by atoms with Crippen molar-refractivity contribution in [2.75, 3.05) is 6.54 Å². The predicted molar refractivity (Wildman–Crippen MR) is 82.9 cm³/mol. The van der Waals surface area contributed by atoms with Gasteiger partial charge in [0.05, 0.1) is 17.5 Å². The van der Waals surface area contributed by atoms with Crippen LogP contribution >= 0.6 is 0 Å². The molecule has 0 radical (unpaired) electrons. The number of nitrogens with one attached hydrogen (secondary N) is 2. The third-order valence-corrected chi connectivity index (χ3v) is 3.45. The number of aromatic nitrogens is 2. The van der Waals surface area contributed by atoms with Crippen molar-refractivity contribution in [3.8, 4) is 0 Å². The maximum absolute atomic E-state index is 13.1. The van der Waals surface area contributed by atoms with E-state index < -0.39 is 0 Å². The Bertz CT molecular complexity index is 827. The summed E-state index contributed by atoms with van der Waals surface area (Å²) < 4.78 is 25.9. The smallest absolute Gasteiger partial charge is 0.224 e. The SMILES string of the molecule is O=C(Cc1ccc(F)cc1)NCCc1nc2ccc(F)cc2[nH]1. The van der Waals surface area contributed by atoms with E-state index in [9.17, 15) is 13.6 Å². The standard InChI is InChI=1S/C17H15F2N3O/c18-12-3-1-11(2-4-12)9-17(23)20-8-7-16-21-14-6-5-13(19)10-15(14)22-16/h1-6,10H,7-9H2,(H,20,23)(H,21,22). The number of carbonyl (C=O) groups is 1. The largest absolute Gasteiger partial charge is 0.355 e. The van der Waals surface area contributed by atoms with Crippen LogP contribution < -0.4 is 5.32 Å². The lowest BCUT2D eigenvalue weighted by atomic mass is 10.1. The van der Waals surface area contributed by atoms with Crippen molar-refractivity contribution in [3.63, 3.8) is 0 Å². The van der Waals surface area contributed by atoms with Gasteiger partial charge in [0.1, 0.15) is 17.5 Å². The van der Waals surface area contributed by atoms with Crippen molar-refractivity contribution in [2.24, 2.45) is 0 Å². The molecule has 2 N–H and O–H groups in total. The zero-order chi connectivity index (χ0) is 16.2. The van der Waals surface area contributed by atoms with Crippen molar-refractivity contribution in [2.45, 2.75) is 12.8 Å². The number of aromatic amines is 1. The molecule has 0 aliphatic carbocycles. The third kappa shape index (κ3) is 3.91. The number of carbonyl (C=O) groups excluding carboxylic acids is 1. The van der Waals surface area contributed by atoms with Gasteiger partial charge in [0, 0.05) is 13.0 Å². The van der Waals surface area contributed by atoms with E-state index in [1.54, 1.807) is 18.2 Å². The average molecular weight is 315 g/mol. The van der Waals surface area contributed by atoms with Gasteiger partial charge in [-0.05, 0) is 35.9 Å². The van der Waals surface area contributed by atoms with Gasteiger partial charge in [-0.15, -0.1) is 0 Å². The first-order chi connectivity index (χ1) is 11.1. The molecule has 0 saturated heterocycles. The monoisotopic (exact) mass is 315 g/mol. The highest BCUT2D eigenvalue weighted by Crippen LogP contribution is 2.13. The molecular formula is C17H15F2N3O. The first-order valence-electron chi connectivity index (χ1n) is 7.25. The van der Waals surface area contributed by atoms with Crippen LogP contribution in [0.5, 0.6) is 0 Å². The van der Waals surface area contributed by atoms with Gasteiger partial charge in [0.25, 0.3) is 0 Å². The fourth-order valence-electron chi connectivity index (χ4n) is 2.32. The summed E-state index contributed by atoms with van der Waals surface area (Å²) in [6.07, 6.45) is 0.719. The molecule has 0 aliphatic heterocycles. The van der Waals surface area contributed by atoms with Crippen molar-refractivity contribution >= 4 is 16.9 Å². The minimum atomic E-state index is -0.324. The molecule has 1 amide bonds. The van der Waals surface area contributed by atoms with E-state index in [1.807, 2.05) is 0 Å². The van der Waals surface area contributed by atoms with E-state index in [0.29, 0.717) is 29.8 Å². The Balaban J connectivity index is 1.51. The van der Waals surface area contributed by atoms with Crippen LogP contribution in [0.4, 0.5) is 8.78 Å². The molecule has 0 saturated carbocycles. The number of amides is 1. The lowest BCUT2D eigenvalue weighted by molar-refractivity contribution is -0.120. The van der Waals surface area contributed by atoms with Gasteiger partial charge in [-0.25, -0.2) is 13.8 Å². The van der Waals surface area contributed by atoms with Crippen molar-refractivity contribution in [1.29, 1.82) is 0 Å². The number of nitrogens with zero attached hydrogens (tertiary/aromatic N) is 1. The minimum absolute atomic E-state index is 0.140. The number of rotatable bonds is 5. The normalized spacial score (nSPS) is 10.9. The maximum Gasteiger partial charge on any atom is 0.224 e. The maximum atomic E-state index is 13.1. The van der Waals surface area contributed by atoms with Gasteiger partial charge < -0.3 is 10.3 Å². The number of imidazole rings is 1. The Kier molecular flexibility index (Phi) is 4.32. The second-order valence-corrected chi connectivity index (χ2v) is 5.25. The first kappa shape index (κ1) is 15.1. The van der Waals surface area contributed by atoms with Crippen molar-refractivity contribution in [1.82, 2.24) is 15.3 Å². The first-order valence-corrected chi connectivity index (χ1v) is 7.25. The van der Waals surface area contributed by atoms with Crippen molar-refractivity contribution < 1.29 is 13.6 Å². The summed E-state index contributed by atoms with van der Waals surface area (Å²) in [5.74, 6) is -0.0952. The van der Waals surface area contributed by atoms with Crippen LogP contribution in [0.1, 0.15) is 11.4 Å².